The van der Waals surface area contributed by atoms with E-state index in [4.69, 9.17) is 0 Å². The van der Waals surface area contributed by atoms with Gasteiger partial charge in [-0.25, -0.2) is 0 Å². The molecule has 1 N–H and O–H groups in total. The molecule has 0 amide bonds. The number of para-hydroxylation sites is 1. The van der Waals surface area contributed by atoms with E-state index < -0.39 is 0 Å². The Morgan fingerprint density at radius 2 is 1.88 bits per heavy atom. The van der Waals surface area contributed by atoms with Gasteiger partial charge in [-0.3, -0.25) is 0 Å². The van der Waals surface area contributed by atoms with Gasteiger partial charge in [-0.2, -0.15) is 0 Å². The number of anilines is 1. The van der Waals surface area contributed by atoms with Crippen LogP contribution in [0.25, 0.3) is 0 Å². The van der Waals surface area contributed by atoms with E-state index in [1.54, 1.807) is 0 Å². The lowest BCUT2D eigenvalue weighted by atomic mass is 10.2. The first-order chi connectivity index (χ1) is 7.75. The average molecular weight is 276 g/mol. The highest BCUT2D eigenvalue weighted by molar-refractivity contribution is 9.10. The van der Waals surface area contributed by atoms with Gasteiger partial charge in [0.25, 0.3) is 0 Å². The van der Waals surface area contributed by atoms with Gasteiger partial charge in [-0.1, -0.05) is 46.3 Å². The Morgan fingerprint density at radius 1 is 1.06 bits per heavy atom. The van der Waals surface area contributed by atoms with E-state index in [2.05, 4.69) is 70.6 Å². The Kier molecular flexibility index (Phi) is 3.62. The molecule has 0 aliphatic carbocycles. The number of benzene rings is 2. The molecule has 0 saturated heterocycles. The van der Waals surface area contributed by atoms with Crippen LogP contribution in [0.3, 0.4) is 0 Å². The standard InChI is InChI=1S/C14H14BrN/c1-11-5-2-3-8-14(11)16-10-12-6-4-7-13(15)9-12/h2-9,16H,10H2,1H3. The summed E-state index contributed by atoms with van der Waals surface area (Å²) in [5.41, 5.74) is 3.75. The van der Waals surface area contributed by atoms with E-state index in [0.29, 0.717) is 0 Å². The number of halogens is 1. The molecule has 16 heavy (non-hydrogen) atoms. The number of nitrogens with one attached hydrogen (secondary N) is 1. The summed E-state index contributed by atoms with van der Waals surface area (Å²) >= 11 is 3.48. The molecule has 0 spiro atoms. The second-order valence-electron chi connectivity index (χ2n) is 3.80. The van der Waals surface area contributed by atoms with E-state index in [9.17, 15) is 0 Å². The molecule has 0 aliphatic rings. The topological polar surface area (TPSA) is 12.0 Å². The van der Waals surface area contributed by atoms with Crippen molar-refractivity contribution in [1.82, 2.24) is 0 Å². The van der Waals surface area contributed by atoms with Crippen molar-refractivity contribution in [2.45, 2.75) is 13.5 Å². The summed E-state index contributed by atoms with van der Waals surface area (Å²) in [6.07, 6.45) is 0. The molecule has 2 heteroatoms. The molecule has 0 aliphatic heterocycles. The average Bonchev–Trinajstić information content (AvgIpc) is 2.28. The van der Waals surface area contributed by atoms with Crippen LogP contribution in [-0.2, 0) is 6.54 Å². The zero-order chi connectivity index (χ0) is 11.4. The molecule has 0 bridgehead atoms. The van der Waals surface area contributed by atoms with Crippen molar-refractivity contribution in [3.63, 3.8) is 0 Å². The van der Waals surface area contributed by atoms with Gasteiger partial charge in [0, 0.05) is 16.7 Å². The lowest BCUT2D eigenvalue weighted by Gasteiger charge is -2.09. The molecule has 0 heterocycles. The Labute approximate surface area is 105 Å². The fourth-order valence-corrected chi connectivity index (χ4v) is 2.06. The Hall–Kier alpha value is -1.28. The van der Waals surface area contributed by atoms with Crippen LogP contribution in [0.5, 0.6) is 0 Å². The SMILES string of the molecule is Cc1ccccc1NCc1cccc(Br)c1. The molecule has 0 fully saturated rings. The van der Waals surface area contributed by atoms with Gasteiger partial charge >= 0.3 is 0 Å². The van der Waals surface area contributed by atoms with Gasteiger partial charge in [-0.15, -0.1) is 0 Å². The molecule has 1 nitrogen and oxygen atoms in total. The molecular formula is C14H14BrN. The number of rotatable bonds is 3. The smallest absolute Gasteiger partial charge is 0.0401 e. The predicted molar refractivity (Wildman–Crippen MR) is 72.6 cm³/mol. The molecule has 0 saturated carbocycles. The van der Waals surface area contributed by atoms with Gasteiger partial charge in [-0.05, 0) is 36.2 Å². The Balaban J connectivity index is 2.05. The van der Waals surface area contributed by atoms with Crippen LogP contribution >= 0.6 is 15.9 Å². The summed E-state index contributed by atoms with van der Waals surface area (Å²) in [4.78, 5) is 0. The van der Waals surface area contributed by atoms with E-state index in [1.165, 1.54) is 16.8 Å². The predicted octanol–water partition coefficient (Wildman–Crippen LogP) is 4.37. The van der Waals surface area contributed by atoms with Crippen molar-refractivity contribution < 1.29 is 0 Å². The highest BCUT2D eigenvalue weighted by Crippen LogP contribution is 2.16. The van der Waals surface area contributed by atoms with Gasteiger partial charge < -0.3 is 5.32 Å². The minimum atomic E-state index is 0.851. The number of hydrogen-bond donors (Lipinski definition) is 1. The van der Waals surface area contributed by atoms with Crippen molar-refractivity contribution in [1.29, 1.82) is 0 Å². The van der Waals surface area contributed by atoms with Crippen molar-refractivity contribution in [2.24, 2.45) is 0 Å². The van der Waals surface area contributed by atoms with Crippen LogP contribution in [0.15, 0.2) is 53.0 Å². The second-order valence-corrected chi connectivity index (χ2v) is 4.71. The molecular weight excluding hydrogens is 262 g/mol. The summed E-state index contributed by atoms with van der Waals surface area (Å²) in [7, 11) is 0. The van der Waals surface area contributed by atoms with Gasteiger partial charge in [0.15, 0.2) is 0 Å². The molecule has 82 valence electrons. The van der Waals surface area contributed by atoms with Crippen LogP contribution in [0.4, 0.5) is 5.69 Å². The lowest BCUT2D eigenvalue weighted by Crippen LogP contribution is -2.00. The van der Waals surface area contributed by atoms with Gasteiger partial charge in [0.05, 0.1) is 0 Å². The summed E-state index contributed by atoms with van der Waals surface area (Å²) in [6.45, 7) is 2.97. The maximum absolute atomic E-state index is 3.48. The second kappa shape index (κ2) is 5.17. The monoisotopic (exact) mass is 275 g/mol. The van der Waals surface area contributed by atoms with Crippen LogP contribution in [0.1, 0.15) is 11.1 Å². The van der Waals surface area contributed by atoms with E-state index in [0.717, 1.165) is 11.0 Å². The quantitative estimate of drug-likeness (QED) is 0.877. The van der Waals surface area contributed by atoms with Crippen LogP contribution in [0.2, 0.25) is 0 Å². The maximum Gasteiger partial charge on any atom is 0.0401 e. The van der Waals surface area contributed by atoms with Gasteiger partial charge in [0.2, 0.25) is 0 Å². The molecule has 0 radical (unpaired) electrons. The molecule has 0 unspecified atom stereocenters. The van der Waals surface area contributed by atoms with E-state index >= 15 is 0 Å². The number of hydrogen-bond acceptors (Lipinski definition) is 1. The summed E-state index contributed by atoms with van der Waals surface area (Å²) in [5, 5.41) is 3.44. The summed E-state index contributed by atoms with van der Waals surface area (Å²) in [5.74, 6) is 0. The normalized spacial score (nSPS) is 10.1. The Bertz CT molecular complexity index is 480. The van der Waals surface area contributed by atoms with Crippen LogP contribution in [-0.4, -0.2) is 0 Å². The summed E-state index contributed by atoms with van der Waals surface area (Å²) in [6, 6.07) is 16.7. The summed E-state index contributed by atoms with van der Waals surface area (Å²) < 4.78 is 1.12. The first-order valence-corrected chi connectivity index (χ1v) is 6.09. The van der Waals surface area contributed by atoms with E-state index in [-0.39, 0.29) is 0 Å². The van der Waals surface area contributed by atoms with Crippen molar-refractivity contribution >= 4 is 21.6 Å². The largest absolute Gasteiger partial charge is 0.381 e. The van der Waals surface area contributed by atoms with Crippen molar-refractivity contribution in [3.05, 3.63) is 64.1 Å². The first kappa shape index (κ1) is 11.2. The zero-order valence-electron chi connectivity index (χ0n) is 9.20. The van der Waals surface area contributed by atoms with Crippen molar-refractivity contribution in [2.75, 3.05) is 5.32 Å². The third-order valence-corrected chi connectivity index (χ3v) is 3.01. The molecule has 0 aromatic heterocycles. The van der Waals surface area contributed by atoms with Crippen LogP contribution < -0.4 is 5.32 Å². The molecule has 2 aromatic rings. The molecule has 0 atom stereocenters. The Morgan fingerprint density at radius 3 is 2.62 bits per heavy atom. The first-order valence-electron chi connectivity index (χ1n) is 5.29. The third-order valence-electron chi connectivity index (χ3n) is 2.52. The van der Waals surface area contributed by atoms with Gasteiger partial charge in [0.1, 0.15) is 0 Å². The number of aryl methyl sites for hydroxylation is 1. The van der Waals surface area contributed by atoms with Crippen molar-refractivity contribution in [3.8, 4) is 0 Å². The zero-order valence-corrected chi connectivity index (χ0v) is 10.8. The fourth-order valence-electron chi connectivity index (χ4n) is 1.62. The van der Waals surface area contributed by atoms with E-state index in [1.807, 2.05) is 6.07 Å². The molecule has 2 aromatic carbocycles. The third kappa shape index (κ3) is 2.86. The maximum atomic E-state index is 3.48. The molecule has 2 rings (SSSR count). The van der Waals surface area contributed by atoms with Crippen LogP contribution in [0, 0.1) is 6.92 Å². The highest BCUT2D eigenvalue weighted by Gasteiger charge is 1.97. The minimum Gasteiger partial charge on any atom is -0.381 e. The minimum absolute atomic E-state index is 0.851. The highest BCUT2D eigenvalue weighted by atomic mass is 79.9. The fraction of sp³-hybridized carbons (Fsp3) is 0.143. The lowest BCUT2D eigenvalue weighted by molar-refractivity contribution is 1.14.